The zero-order valence-electron chi connectivity index (χ0n) is 21.3. The number of nitrogens with zero attached hydrogens (tertiary/aromatic N) is 4. The van der Waals surface area contributed by atoms with Crippen LogP contribution in [0, 0.1) is 0 Å². The molecule has 0 N–H and O–H groups in total. The van der Waals surface area contributed by atoms with Gasteiger partial charge in [0.1, 0.15) is 18.0 Å². The minimum absolute atomic E-state index is 0.0189. The first-order valence-corrected chi connectivity index (χ1v) is 12.8. The molecule has 37 heavy (non-hydrogen) atoms. The van der Waals surface area contributed by atoms with Crippen LogP contribution in [0.3, 0.4) is 0 Å². The van der Waals surface area contributed by atoms with Crippen molar-refractivity contribution in [3.63, 3.8) is 0 Å². The number of hydrogen-bond acceptors (Lipinski definition) is 5. The van der Waals surface area contributed by atoms with Crippen molar-refractivity contribution in [3.05, 3.63) is 83.1 Å². The maximum absolute atomic E-state index is 13.3. The number of benzene rings is 2. The first-order chi connectivity index (χ1) is 17.8. The van der Waals surface area contributed by atoms with Gasteiger partial charge >= 0.3 is 0 Å². The summed E-state index contributed by atoms with van der Waals surface area (Å²) in [5, 5.41) is 4.78. The monoisotopic (exact) mass is 524 g/mol. The SMILES string of the molecule is CN(Cc1ccccc1)C(=O)C[C@]1(COc2ccc(Cl)cc2)CN(C(=O)CCc2ccnn2C)CCO1. The lowest BCUT2D eigenvalue weighted by molar-refractivity contribution is -0.165. The van der Waals surface area contributed by atoms with Crippen LogP contribution in [0.25, 0.3) is 0 Å². The Labute approximate surface area is 222 Å². The highest BCUT2D eigenvalue weighted by atomic mass is 35.5. The molecule has 1 aliphatic rings. The molecule has 0 bridgehead atoms. The molecule has 9 heteroatoms. The lowest BCUT2D eigenvalue weighted by Gasteiger charge is -2.42. The van der Waals surface area contributed by atoms with Crippen molar-refractivity contribution in [2.24, 2.45) is 7.05 Å². The molecule has 0 saturated carbocycles. The summed E-state index contributed by atoms with van der Waals surface area (Å²) < 4.78 is 14.1. The number of halogens is 1. The molecular formula is C28H33ClN4O4. The number of rotatable bonds is 10. The van der Waals surface area contributed by atoms with Crippen LogP contribution >= 0.6 is 11.6 Å². The molecule has 1 aliphatic heterocycles. The Kier molecular flexibility index (Phi) is 8.84. The molecule has 8 nitrogen and oxygen atoms in total. The molecule has 1 fully saturated rings. The van der Waals surface area contributed by atoms with E-state index in [-0.39, 0.29) is 31.4 Å². The summed E-state index contributed by atoms with van der Waals surface area (Å²) in [4.78, 5) is 30.0. The van der Waals surface area contributed by atoms with Crippen LogP contribution in [0.1, 0.15) is 24.1 Å². The highest BCUT2D eigenvalue weighted by Crippen LogP contribution is 2.27. The molecule has 4 rings (SSSR count). The van der Waals surface area contributed by atoms with Crippen LogP contribution in [0.15, 0.2) is 66.9 Å². The molecule has 0 aliphatic carbocycles. The van der Waals surface area contributed by atoms with Gasteiger partial charge in [0.05, 0.1) is 19.6 Å². The lowest BCUT2D eigenvalue weighted by Crippen LogP contribution is -2.58. The third kappa shape index (κ3) is 7.33. The third-order valence-corrected chi connectivity index (χ3v) is 6.85. The zero-order valence-corrected chi connectivity index (χ0v) is 22.1. The topological polar surface area (TPSA) is 76.9 Å². The summed E-state index contributed by atoms with van der Waals surface area (Å²) in [7, 11) is 3.65. The van der Waals surface area contributed by atoms with Gasteiger partial charge in [0, 0.05) is 50.5 Å². The van der Waals surface area contributed by atoms with Gasteiger partial charge in [-0.3, -0.25) is 14.3 Å². The van der Waals surface area contributed by atoms with E-state index in [9.17, 15) is 9.59 Å². The van der Waals surface area contributed by atoms with E-state index in [2.05, 4.69) is 5.10 Å². The standard InChI is InChI=1S/C28H33ClN4O4/c1-31(19-22-6-4-3-5-7-22)27(35)18-28(21-36-25-11-8-23(29)9-12-25)20-33(16-17-37-28)26(34)13-10-24-14-15-30-32(24)2/h3-9,11-12,14-15H,10,13,16-21H2,1-2H3/t28-/m1/s1. The molecular weight excluding hydrogens is 492 g/mol. The molecule has 196 valence electrons. The molecule has 0 spiro atoms. The summed E-state index contributed by atoms with van der Waals surface area (Å²) in [6.45, 7) is 1.69. The summed E-state index contributed by atoms with van der Waals surface area (Å²) >= 11 is 6.01. The van der Waals surface area contributed by atoms with Crippen molar-refractivity contribution in [1.29, 1.82) is 0 Å². The normalized spacial score (nSPS) is 17.4. The van der Waals surface area contributed by atoms with E-state index in [0.29, 0.717) is 43.3 Å². The van der Waals surface area contributed by atoms with E-state index in [1.54, 1.807) is 52.0 Å². The van der Waals surface area contributed by atoms with Gasteiger partial charge in [-0.1, -0.05) is 41.9 Å². The van der Waals surface area contributed by atoms with Crippen molar-refractivity contribution in [2.75, 3.05) is 33.4 Å². The van der Waals surface area contributed by atoms with E-state index in [0.717, 1.165) is 11.3 Å². The van der Waals surface area contributed by atoms with Crippen molar-refractivity contribution in [2.45, 2.75) is 31.4 Å². The summed E-state index contributed by atoms with van der Waals surface area (Å²) in [5.74, 6) is 0.565. The number of ether oxygens (including phenoxy) is 2. The molecule has 0 radical (unpaired) electrons. The Bertz CT molecular complexity index is 1180. The number of carbonyl (C=O) groups excluding carboxylic acids is 2. The molecule has 2 heterocycles. The summed E-state index contributed by atoms with van der Waals surface area (Å²) in [6, 6.07) is 18.8. The molecule has 0 unspecified atom stereocenters. The van der Waals surface area contributed by atoms with Gasteiger partial charge in [-0.15, -0.1) is 0 Å². The van der Waals surface area contributed by atoms with Crippen LogP contribution in [-0.2, 0) is 34.3 Å². The van der Waals surface area contributed by atoms with Crippen LogP contribution in [0.4, 0.5) is 0 Å². The van der Waals surface area contributed by atoms with Crippen molar-refractivity contribution < 1.29 is 19.1 Å². The van der Waals surface area contributed by atoms with Crippen molar-refractivity contribution in [3.8, 4) is 5.75 Å². The van der Waals surface area contributed by atoms with E-state index >= 15 is 0 Å². The van der Waals surface area contributed by atoms with Crippen molar-refractivity contribution >= 4 is 23.4 Å². The van der Waals surface area contributed by atoms with E-state index in [1.165, 1.54) is 0 Å². The Morgan fingerprint density at radius 1 is 1.14 bits per heavy atom. The second-order valence-corrected chi connectivity index (χ2v) is 9.88. The maximum Gasteiger partial charge on any atom is 0.225 e. The second kappa shape index (κ2) is 12.3. The van der Waals surface area contributed by atoms with E-state index in [1.807, 2.05) is 43.4 Å². The molecule has 1 aromatic heterocycles. The summed E-state index contributed by atoms with van der Waals surface area (Å²) in [5.41, 5.74) is 1.07. The number of aromatic nitrogens is 2. The Balaban J connectivity index is 1.46. The average Bonchev–Trinajstić information content (AvgIpc) is 3.32. The Morgan fingerprint density at radius 3 is 2.59 bits per heavy atom. The van der Waals surface area contributed by atoms with Crippen molar-refractivity contribution in [1.82, 2.24) is 19.6 Å². The molecule has 2 aromatic carbocycles. The molecule has 3 aromatic rings. The predicted molar refractivity (Wildman–Crippen MR) is 141 cm³/mol. The minimum Gasteiger partial charge on any atom is -0.490 e. The van der Waals surface area contributed by atoms with E-state index < -0.39 is 5.60 Å². The van der Waals surface area contributed by atoms with Gasteiger partial charge in [0.25, 0.3) is 0 Å². The fourth-order valence-electron chi connectivity index (χ4n) is 4.44. The number of morpholine rings is 1. The number of aryl methyl sites for hydroxylation is 2. The first-order valence-electron chi connectivity index (χ1n) is 12.4. The van der Waals surface area contributed by atoms with Gasteiger partial charge in [-0.2, -0.15) is 5.10 Å². The van der Waals surface area contributed by atoms with Crippen LogP contribution in [0.5, 0.6) is 5.75 Å². The minimum atomic E-state index is -0.970. The highest BCUT2D eigenvalue weighted by molar-refractivity contribution is 6.30. The zero-order chi connectivity index (χ0) is 26.3. The maximum atomic E-state index is 13.3. The summed E-state index contributed by atoms with van der Waals surface area (Å²) in [6.07, 6.45) is 2.77. The largest absolute Gasteiger partial charge is 0.490 e. The van der Waals surface area contributed by atoms with E-state index in [4.69, 9.17) is 21.1 Å². The third-order valence-electron chi connectivity index (χ3n) is 6.60. The van der Waals surface area contributed by atoms with Crippen LogP contribution < -0.4 is 4.74 Å². The number of carbonyl (C=O) groups is 2. The van der Waals surface area contributed by atoms with Gasteiger partial charge in [-0.05, 0) is 42.3 Å². The lowest BCUT2D eigenvalue weighted by atomic mass is 9.96. The molecule has 2 amide bonds. The van der Waals surface area contributed by atoms with Gasteiger partial charge in [0.15, 0.2) is 0 Å². The van der Waals surface area contributed by atoms with Crippen LogP contribution in [0.2, 0.25) is 5.02 Å². The molecule has 1 atom stereocenters. The number of amides is 2. The van der Waals surface area contributed by atoms with Crippen LogP contribution in [-0.4, -0.2) is 70.3 Å². The fourth-order valence-corrected chi connectivity index (χ4v) is 4.57. The first kappa shape index (κ1) is 26.7. The second-order valence-electron chi connectivity index (χ2n) is 9.45. The van der Waals surface area contributed by atoms with Gasteiger partial charge < -0.3 is 19.3 Å². The quantitative estimate of drug-likeness (QED) is 0.404. The Morgan fingerprint density at radius 2 is 1.89 bits per heavy atom. The predicted octanol–water partition coefficient (Wildman–Crippen LogP) is 3.73. The highest BCUT2D eigenvalue weighted by Gasteiger charge is 2.42. The number of hydrogen-bond donors (Lipinski definition) is 0. The van der Waals surface area contributed by atoms with Gasteiger partial charge in [0.2, 0.25) is 11.8 Å². The Hall–Kier alpha value is -3.36. The fraction of sp³-hybridized carbons (Fsp3) is 0.393. The molecule has 1 saturated heterocycles. The average molecular weight is 525 g/mol. The smallest absolute Gasteiger partial charge is 0.225 e. The van der Waals surface area contributed by atoms with Gasteiger partial charge in [-0.25, -0.2) is 0 Å².